The summed E-state index contributed by atoms with van der Waals surface area (Å²) in [7, 11) is -0.562. The molecule has 0 saturated carbocycles. The number of carbonyl (C=O) groups is 2. The molecule has 0 aliphatic rings. The first-order valence-electron chi connectivity index (χ1n) is 9.64. The van der Waals surface area contributed by atoms with E-state index in [1.165, 1.54) is 51.4 Å². The quantitative estimate of drug-likeness (QED) is 0.367. The second-order valence-electron chi connectivity index (χ2n) is 6.59. The topological polar surface area (TPSA) is 77.4 Å². The van der Waals surface area contributed by atoms with E-state index in [0.717, 1.165) is 0 Å². The third-order valence-electron chi connectivity index (χ3n) is 4.24. The smallest absolute Gasteiger partial charge is 0.309 e. The number of hydrogen-bond acceptors (Lipinski definition) is 3. The Morgan fingerprint density at radius 1 is 0.750 bits per heavy atom. The lowest BCUT2D eigenvalue weighted by Gasteiger charge is -2.28. The average molecular weight is 362 g/mol. The Balaban J connectivity index is 0. The van der Waals surface area contributed by atoms with Crippen molar-refractivity contribution in [2.75, 3.05) is 24.6 Å². The van der Waals surface area contributed by atoms with E-state index in [2.05, 4.69) is 27.7 Å². The third kappa shape index (κ3) is 16.2. The number of unbranched alkanes of at least 4 members (excludes halogenated alkanes) is 4. The van der Waals surface area contributed by atoms with Crippen molar-refractivity contribution in [3.63, 3.8) is 0 Å². The second kappa shape index (κ2) is 17.2. The van der Waals surface area contributed by atoms with E-state index in [1.54, 1.807) is 24.6 Å². The molecule has 144 valence electrons. The van der Waals surface area contributed by atoms with E-state index < -0.39 is 25.6 Å². The van der Waals surface area contributed by atoms with Crippen LogP contribution in [0.3, 0.4) is 0 Å². The van der Waals surface area contributed by atoms with E-state index in [9.17, 15) is 14.7 Å². The maximum atomic E-state index is 9.39. The van der Waals surface area contributed by atoms with Crippen LogP contribution in [-0.4, -0.2) is 41.7 Å². The van der Waals surface area contributed by atoms with Gasteiger partial charge in [0.2, 0.25) is 0 Å². The van der Waals surface area contributed by atoms with Crippen LogP contribution in [-0.2, 0) is 9.59 Å². The van der Waals surface area contributed by atoms with Gasteiger partial charge in [0.1, 0.15) is 0 Å². The van der Waals surface area contributed by atoms with Gasteiger partial charge in [-0.3, -0.25) is 4.79 Å². The molecule has 0 heterocycles. The largest absolute Gasteiger partial charge is 0.550 e. The summed E-state index contributed by atoms with van der Waals surface area (Å²) >= 11 is 0. The van der Waals surface area contributed by atoms with Crippen molar-refractivity contribution in [3.05, 3.63) is 0 Å². The molecular weight excluding hydrogens is 323 g/mol. The van der Waals surface area contributed by atoms with Gasteiger partial charge in [-0.25, -0.2) is 0 Å². The first-order valence-corrected chi connectivity index (χ1v) is 12.2. The second-order valence-corrected chi connectivity index (χ2v) is 11.1. The molecular formula is C19H39O4P. The predicted octanol–water partition coefficient (Wildman–Crippen LogP) is 4.42. The van der Waals surface area contributed by atoms with Gasteiger partial charge in [0.05, 0.1) is 37.0 Å². The fourth-order valence-electron chi connectivity index (χ4n) is 2.77. The molecule has 0 rings (SSSR count). The van der Waals surface area contributed by atoms with Crippen LogP contribution in [0, 0.1) is 0 Å². The highest BCUT2D eigenvalue weighted by atomic mass is 31.2. The van der Waals surface area contributed by atoms with Crippen LogP contribution in [0.2, 0.25) is 0 Å². The van der Waals surface area contributed by atoms with Crippen molar-refractivity contribution in [1.29, 1.82) is 0 Å². The standard InChI is InChI=1S/C16H36P.C3H4O4/c1-5-9-13-17(14-10-6-2,15-11-7-3)16-12-8-4;4-2(5)1-3(6)7/h5-16H2,1-4H3;1H2,(H,4,5)(H,6,7)/q+1;/p-1. The minimum atomic E-state index is -1.56. The van der Waals surface area contributed by atoms with Crippen molar-refractivity contribution in [2.45, 2.75) is 85.5 Å². The van der Waals surface area contributed by atoms with Crippen molar-refractivity contribution in [2.24, 2.45) is 0 Å². The zero-order valence-electron chi connectivity index (χ0n) is 16.3. The van der Waals surface area contributed by atoms with Crippen LogP contribution in [0.4, 0.5) is 0 Å². The monoisotopic (exact) mass is 362 g/mol. The average Bonchev–Trinajstić information content (AvgIpc) is 2.53. The first-order chi connectivity index (χ1) is 11.4. The fourth-order valence-corrected chi connectivity index (χ4v) is 8.06. The normalized spacial score (nSPS) is 10.8. The summed E-state index contributed by atoms with van der Waals surface area (Å²) in [5.74, 6) is -2.94. The van der Waals surface area contributed by atoms with E-state index >= 15 is 0 Å². The lowest BCUT2D eigenvalue weighted by Crippen LogP contribution is -2.24. The minimum absolute atomic E-state index is 0.562. The predicted molar refractivity (Wildman–Crippen MR) is 103 cm³/mol. The molecule has 4 nitrogen and oxygen atoms in total. The van der Waals surface area contributed by atoms with Gasteiger partial charge in [-0.1, -0.05) is 53.4 Å². The van der Waals surface area contributed by atoms with E-state index in [4.69, 9.17) is 5.11 Å². The van der Waals surface area contributed by atoms with Crippen molar-refractivity contribution in [1.82, 2.24) is 0 Å². The van der Waals surface area contributed by atoms with Crippen LogP contribution >= 0.6 is 7.26 Å². The summed E-state index contributed by atoms with van der Waals surface area (Å²) in [5, 5.41) is 17.0. The van der Waals surface area contributed by atoms with Crippen LogP contribution in [0.1, 0.15) is 85.5 Å². The molecule has 0 aromatic rings. The molecule has 24 heavy (non-hydrogen) atoms. The zero-order chi connectivity index (χ0) is 18.8. The van der Waals surface area contributed by atoms with Gasteiger partial charge < -0.3 is 15.0 Å². The van der Waals surface area contributed by atoms with E-state index in [0.29, 0.717) is 0 Å². The van der Waals surface area contributed by atoms with E-state index in [-0.39, 0.29) is 0 Å². The van der Waals surface area contributed by atoms with Crippen molar-refractivity contribution >= 4 is 19.2 Å². The highest BCUT2D eigenvalue weighted by Crippen LogP contribution is 2.61. The van der Waals surface area contributed by atoms with Crippen LogP contribution in [0.25, 0.3) is 0 Å². The highest BCUT2D eigenvalue weighted by Gasteiger charge is 2.34. The summed E-state index contributed by atoms with van der Waals surface area (Å²) in [4.78, 5) is 18.7. The molecule has 0 atom stereocenters. The van der Waals surface area contributed by atoms with Gasteiger partial charge in [0.15, 0.2) is 0 Å². The first kappa shape index (κ1) is 25.6. The molecule has 0 aliphatic heterocycles. The van der Waals surface area contributed by atoms with Crippen molar-refractivity contribution in [3.8, 4) is 0 Å². The molecule has 0 saturated heterocycles. The summed E-state index contributed by atoms with van der Waals surface area (Å²) in [6.07, 6.45) is 17.0. The minimum Gasteiger partial charge on any atom is -0.550 e. The number of carbonyl (C=O) groups excluding carboxylic acids is 1. The summed E-state index contributed by atoms with van der Waals surface area (Å²) in [5.41, 5.74) is 0. The fraction of sp³-hybridized carbons (Fsp3) is 0.895. The van der Waals surface area contributed by atoms with Crippen LogP contribution in [0.15, 0.2) is 0 Å². The van der Waals surface area contributed by atoms with Gasteiger partial charge in [0.25, 0.3) is 0 Å². The third-order valence-corrected chi connectivity index (χ3v) is 9.30. The SMILES string of the molecule is CCCC[P+](CCCC)(CCCC)CCCC.O=C([O-])CC(=O)O. The summed E-state index contributed by atoms with van der Waals surface area (Å²) in [6, 6.07) is 0. The van der Waals surface area contributed by atoms with Gasteiger partial charge in [0, 0.05) is 7.26 Å². The Morgan fingerprint density at radius 2 is 1.04 bits per heavy atom. The zero-order valence-corrected chi connectivity index (χ0v) is 17.2. The molecule has 5 heteroatoms. The summed E-state index contributed by atoms with van der Waals surface area (Å²) < 4.78 is 0. The van der Waals surface area contributed by atoms with E-state index in [1.807, 2.05) is 0 Å². The Labute approximate surface area is 149 Å². The maximum absolute atomic E-state index is 9.39. The van der Waals surface area contributed by atoms with Crippen LogP contribution < -0.4 is 5.11 Å². The lowest BCUT2D eigenvalue weighted by atomic mass is 10.4. The molecule has 0 aromatic heterocycles. The van der Waals surface area contributed by atoms with Crippen LogP contribution in [0.5, 0.6) is 0 Å². The highest BCUT2D eigenvalue weighted by molar-refractivity contribution is 7.75. The van der Waals surface area contributed by atoms with Gasteiger partial charge in [-0.15, -0.1) is 0 Å². The lowest BCUT2D eigenvalue weighted by molar-refractivity contribution is -0.305. The Bertz CT molecular complexity index is 269. The number of carboxylic acid groups (broad SMARTS) is 2. The number of carboxylic acids is 2. The molecule has 0 fully saturated rings. The maximum Gasteiger partial charge on any atom is 0.309 e. The van der Waals surface area contributed by atoms with Gasteiger partial charge in [-0.2, -0.15) is 0 Å². The Kier molecular flexibility index (Phi) is 18.4. The molecule has 1 N–H and O–H groups in total. The molecule has 0 spiro atoms. The molecule has 0 bridgehead atoms. The van der Waals surface area contributed by atoms with Crippen molar-refractivity contribution < 1.29 is 19.8 Å². The number of hydrogen-bond donors (Lipinski definition) is 1. The van der Waals surface area contributed by atoms with Gasteiger partial charge in [-0.05, 0) is 25.7 Å². The molecule has 0 aliphatic carbocycles. The molecule has 0 aromatic carbocycles. The number of aliphatic carboxylic acids is 2. The Hall–Kier alpha value is -0.630. The molecule has 0 unspecified atom stereocenters. The number of rotatable bonds is 14. The molecule has 0 amide bonds. The van der Waals surface area contributed by atoms with Gasteiger partial charge >= 0.3 is 5.97 Å². The Morgan fingerprint density at radius 3 is 1.17 bits per heavy atom. The summed E-state index contributed by atoms with van der Waals surface area (Å²) in [6.45, 7) is 9.42. The molecule has 0 radical (unpaired) electrons.